The molecule has 0 bridgehead atoms. The van der Waals surface area contributed by atoms with Crippen molar-refractivity contribution in [3.63, 3.8) is 0 Å². The Kier molecular flexibility index (Phi) is 6.43. The van der Waals surface area contributed by atoms with E-state index in [0.717, 1.165) is 44.6 Å². The molecular formula is C13H27N3O2. The molecule has 0 unspecified atom stereocenters. The fourth-order valence-electron chi connectivity index (χ4n) is 2.57. The van der Waals surface area contributed by atoms with Crippen LogP contribution in [0.15, 0.2) is 5.16 Å². The fourth-order valence-corrected chi connectivity index (χ4v) is 2.57. The first-order chi connectivity index (χ1) is 8.59. The van der Waals surface area contributed by atoms with Crippen molar-refractivity contribution in [2.45, 2.75) is 57.5 Å². The number of aliphatic hydroxyl groups is 1. The molecule has 0 aromatic heterocycles. The smallest absolute Gasteiger partial charge is 0.139 e. The Bertz CT molecular complexity index is 261. The second kappa shape index (κ2) is 7.59. The lowest BCUT2D eigenvalue weighted by Gasteiger charge is -2.36. The van der Waals surface area contributed by atoms with Crippen molar-refractivity contribution < 1.29 is 10.3 Å². The maximum absolute atomic E-state index is 10.4. The normalized spacial score (nSPS) is 29.4. The molecule has 5 N–H and O–H groups in total. The van der Waals surface area contributed by atoms with Crippen molar-refractivity contribution >= 4 is 5.84 Å². The van der Waals surface area contributed by atoms with Gasteiger partial charge in [0.25, 0.3) is 0 Å². The van der Waals surface area contributed by atoms with Gasteiger partial charge in [-0.25, -0.2) is 0 Å². The lowest BCUT2D eigenvalue weighted by molar-refractivity contribution is -0.00842. The summed E-state index contributed by atoms with van der Waals surface area (Å²) in [7, 11) is 0. The summed E-state index contributed by atoms with van der Waals surface area (Å²) >= 11 is 0. The summed E-state index contributed by atoms with van der Waals surface area (Å²) in [5, 5.41) is 25.0. The monoisotopic (exact) mass is 257 g/mol. The van der Waals surface area contributed by atoms with Gasteiger partial charge in [-0.1, -0.05) is 18.5 Å². The molecule has 1 aliphatic carbocycles. The Labute approximate surface area is 109 Å². The third-order valence-corrected chi connectivity index (χ3v) is 3.98. The van der Waals surface area contributed by atoms with Crippen molar-refractivity contribution in [3.05, 3.63) is 0 Å². The average Bonchev–Trinajstić information content (AvgIpc) is 2.39. The molecule has 1 fully saturated rings. The Morgan fingerprint density at radius 2 is 2.11 bits per heavy atom. The van der Waals surface area contributed by atoms with Crippen LogP contribution in [0.3, 0.4) is 0 Å². The number of nitrogens with zero attached hydrogens (tertiary/aromatic N) is 1. The second-order valence-corrected chi connectivity index (χ2v) is 5.45. The summed E-state index contributed by atoms with van der Waals surface area (Å²) < 4.78 is 0. The molecule has 0 aliphatic heterocycles. The van der Waals surface area contributed by atoms with Crippen LogP contribution in [0.25, 0.3) is 0 Å². The molecule has 0 spiro atoms. The summed E-state index contributed by atoms with van der Waals surface area (Å²) in [5.41, 5.74) is 4.85. The molecule has 5 nitrogen and oxygen atoms in total. The number of hydrogen-bond acceptors (Lipinski definition) is 4. The van der Waals surface area contributed by atoms with E-state index < -0.39 is 5.60 Å². The average molecular weight is 257 g/mol. The van der Waals surface area contributed by atoms with E-state index in [1.54, 1.807) is 0 Å². The predicted octanol–water partition coefficient (Wildman–Crippen LogP) is 1.43. The van der Waals surface area contributed by atoms with E-state index >= 15 is 0 Å². The maximum atomic E-state index is 10.4. The molecule has 5 heteroatoms. The Morgan fingerprint density at radius 1 is 1.44 bits per heavy atom. The van der Waals surface area contributed by atoms with Crippen LogP contribution in [0.4, 0.5) is 0 Å². The highest BCUT2D eigenvalue weighted by Gasteiger charge is 2.31. The van der Waals surface area contributed by atoms with E-state index in [-0.39, 0.29) is 5.84 Å². The van der Waals surface area contributed by atoms with Crippen LogP contribution >= 0.6 is 0 Å². The lowest BCUT2D eigenvalue weighted by Crippen LogP contribution is -2.43. The summed E-state index contributed by atoms with van der Waals surface area (Å²) in [6, 6.07) is 0. The SMILES string of the molecule is CCC1CCC(O)(CNCCCC(N)=NO)CC1. The third kappa shape index (κ3) is 5.23. The quantitative estimate of drug-likeness (QED) is 0.183. The highest BCUT2D eigenvalue weighted by Crippen LogP contribution is 2.33. The summed E-state index contributed by atoms with van der Waals surface area (Å²) in [6.07, 6.45) is 6.71. The van der Waals surface area contributed by atoms with Crippen LogP contribution in [-0.4, -0.2) is 34.8 Å². The van der Waals surface area contributed by atoms with Crippen LogP contribution in [0, 0.1) is 5.92 Å². The highest BCUT2D eigenvalue weighted by molar-refractivity contribution is 5.79. The second-order valence-electron chi connectivity index (χ2n) is 5.45. The van der Waals surface area contributed by atoms with Crippen LogP contribution < -0.4 is 11.1 Å². The zero-order chi connectivity index (χ0) is 13.4. The van der Waals surface area contributed by atoms with Crippen molar-refractivity contribution in [1.29, 1.82) is 0 Å². The van der Waals surface area contributed by atoms with Gasteiger partial charge in [-0.05, 0) is 44.6 Å². The van der Waals surface area contributed by atoms with Crippen LogP contribution in [0.5, 0.6) is 0 Å². The van der Waals surface area contributed by atoms with Gasteiger partial charge in [-0.2, -0.15) is 0 Å². The van der Waals surface area contributed by atoms with Gasteiger partial charge in [0.15, 0.2) is 0 Å². The first-order valence-electron chi connectivity index (χ1n) is 6.99. The molecule has 18 heavy (non-hydrogen) atoms. The molecule has 0 heterocycles. The minimum atomic E-state index is -0.526. The molecule has 0 atom stereocenters. The minimum Gasteiger partial charge on any atom is -0.409 e. The van der Waals surface area contributed by atoms with E-state index in [9.17, 15) is 5.11 Å². The van der Waals surface area contributed by atoms with E-state index in [4.69, 9.17) is 10.9 Å². The molecule has 0 saturated heterocycles. The van der Waals surface area contributed by atoms with Gasteiger partial charge >= 0.3 is 0 Å². The molecule has 1 saturated carbocycles. The molecule has 1 rings (SSSR count). The van der Waals surface area contributed by atoms with Crippen LogP contribution in [0.2, 0.25) is 0 Å². The summed E-state index contributed by atoms with van der Waals surface area (Å²) in [6.45, 7) is 3.66. The first-order valence-corrected chi connectivity index (χ1v) is 6.99. The number of oxime groups is 1. The van der Waals surface area contributed by atoms with E-state index in [1.165, 1.54) is 6.42 Å². The largest absolute Gasteiger partial charge is 0.409 e. The Morgan fingerprint density at radius 3 is 2.67 bits per heavy atom. The maximum Gasteiger partial charge on any atom is 0.139 e. The van der Waals surface area contributed by atoms with Gasteiger partial charge in [0.2, 0.25) is 0 Å². The van der Waals surface area contributed by atoms with Gasteiger partial charge < -0.3 is 21.4 Å². The zero-order valence-electron chi connectivity index (χ0n) is 11.4. The van der Waals surface area contributed by atoms with Crippen molar-refractivity contribution in [2.75, 3.05) is 13.1 Å². The highest BCUT2D eigenvalue weighted by atomic mass is 16.4. The van der Waals surface area contributed by atoms with Crippen molar-refractivity contribution in [2.24, 2.45) is 16.8 Å². The molecule has 0 aromatic carbocycles. The molecule has 0 amide bonds. The minimum absolute atomic E-state index is 0.263. The van der Waals surface area contributed by atoms with Crippen molar-refractivity contribution in [3.8, 4) is 0 Å². The van der Waals surface area contributed by atoms with Gasteiger partial charge in [0.1, 0.15) is 5.84 Å². The van der Waals surface area contributed by atoms with E-state index in [2.05, 4.69) is 17.4 Å². The zero-order valence-corrected chi connectivity index (χ0v) is 11.4. The molecule has 1 aliphatic rings. The Hall–Kier alpha value is -0.810. The van der Waals surface area contributed by atoms with Gasteiger partial charge in [0, 0.05) is 13.0 Å². The predicted molar refractivity (Wildman–Crippen MR) is 72.7 cm³/mol. The number of nitrogens with one attached hydrogen (secondary N) is 1. The van der Waals surface area contributed by atoms with Gasteiger partial charge in [-0.3, -0.25) is 0 Å². The first kappa shape index (κ1) is 15.2. The standard InChI is InChI=1S/C13H27N3O2/c1-2-11-5-7-13(17,8-6-11)10-15-9-3-4-12(14)16-18/h11,15,17-18H,2-10H2,1H3,(H2,14,16). The van der Waals surface area contributed by atoms with Crippen molar-refractivity contribution in [1.82, 2.24) is 5.32 Å². The topological polar surface area (TPSA) is 90.9 Å². The lowest BCUT2D eigenvalue weighted by atomic mass is 9.78. The van der Waals surface area contributed by atoms with Crippen LogP contribution in [-0.2, 0) is 0 Å². The van der Waals surface area contributed by atoms with E-state index in [1.807, 2.05) is 0 Å². The number of hydrogen-bond donors (Lipinski definition) is 4. The molecule has 0 aromatic rings. The Balaban J connectivity index is 2.11. The summed E-state index contributed by atoms with van der Waals surface area (Å²) in [5.74, 6) is 1.06. The number of amidine groups is 1. The van der Waals surface area contributed by atoms with Crippen LogP contribution in [0.1, 0.15) is 51.9 Å². The number of rotatable bonds is 7. The van der Waals surface area contributed by atoms with Gasteiger partial charge in [-0.15, -0.1) is 0 Å². The number of nitrogens with two attached hydrogens (primary N) is 1. The molecule has 0 radical (unpaired) electrons. The molecule has 106 valence electrons. The third-order valence-electron chi connectivity index (χ3n) is 3.98. The van der Waals surface area contributed by atoms with Gasteiger partial charge in [0.05, 0.1) is 5.60 Å². The fraction of sp³-hybridized carbons (Fsp3) is 0.923. The molecular weight excluding hydrogens is 230 g/mol. The summed E-state index contributed by atoms with van der Waals surface area (Å²) in [4.78, 5) is 0. The van der Waals surface area contributed by atoms with E-state index in [0.29, 0.717) is 13.0 Å².